The van der Waals surface area contributed by atoms with Crippen LogP contribution in [-0.2, 0) is 4.79 Å². The van der Waals surface area contributed by atoms with E-state index in [1.807, 2.05) is 0 Å². The molecule has 0 bridgehead atoms. The topological polar surface area (TPSA) is 93.2 Å². The Morgan fingerprint density at radius 2 is 1.96 bits per heavy atom. The summed E-state index contributed by atoms with van der Waals surface area (Å²) in [6.45, 7) is 2.00. The number of anilines is 1. The summed E-state index contributed by atoms with van der Waals surface area (Å²) in [6.07, 6.45) is -1.51. The van der Waals surface area contributed by atoms with Crippen LogP contribution in [0.25, 0.3) is 0 Å². The lowest BCUT2D eigenvalue weighted by Crippen LogP contribution is -2.27. The molecule has 0 aromatic carbocycles. The second-order valence-corrected chi connectivity index (χ2v) is 5.86. The molecule has 0 spiro atoms. The maximum Gasteiger partial charge on any atom is 0.422 e. The average Bonchev–Trinajstić information content (AvgIpc) is 2.66. The number of alkyl halides is 3. The number of nitrogens with one attached hydrogen (secondary N) is 2. The van der Waals surface area contributed by atoms with E-state index in [0.717, 1.165) is 6.20 Å². The van der Waals surface area contributed by atoms with E-state index in [2.05, 4.69) is 25.3 Å². The maximum absolute atomic E-state index is 12.3. The van der Waals surface area contributed by atoms with E-state index >= 15 is 0 Å². The third-order valence-corrected chi connectivity index (χ3v) is 3.60. The molecule has 2 amide bonds. The van der Waals surface area contributed by atoms with Crippen molar-refractivity contribution in [2.45, 2.75) is 32.5 Å². The van der Waals surface area contributed by atoms with Gasteiger partial charge in [-0.05, 0) is 30.7 Å². The van der Waals surface area contributed by atoms with Gasteiger partial charge in [-0.25, -0.2) is 9.97 Å². The molecule has 1 unspecified atom stereocenters. The van der Waals surface area contributed by atoms with Gasteiger partial charge in [-0.1, -0.05) is 6.92 Å². The van der Waals surface area contributed by atoms with Crippen molar-refractivity contribution in [2.24, 2.45) is 0 Å². The van der Waals surface area contributed by atoms with Gasteiger partial charge in [0.2, 0.25) is 11.8 Å². The Kier molecular flexibility index (Phi) is 6.91. The van der Waals surface area contributed by atoms with Crippen LogP contribution in [0.4, 0.5) is 19.0 Å². The molecule has 2 aromatic rings. The predicted octanol–water partition coefficient (Wildman–Crippen LogP) is 3.26. The van der Waals surface area contributed by atoms with Gasteiger partial charge in [0.25, 0.3) is 5.91 Å². The summed E-state index contributed by atoms with van der Waals surface area (Å²) >= 11 is 0. The molecule has 0 aliphatic heterocycles. The number of hydrogen-bond donors (Lipinski definition) is 2. The van der Waals surface area contributed by atoms with Crippen molar-refractivity contribution in [1.82, 2.24) is 15.3 Å². The molecule has 2 rings (SSSR count). The molecule has 0 aliphatic rings. The fourth-order valence-corrected chi connectivity index (χ4v) is 2.13. The first-order chi connectivity index (χ1) is 13.2. The molecule has 0 saturated carbocycles. The second-order valence-electron chi connectivity index (χ2n) is 5.86. The molecular weight excluding hydrogens is 377 g/mol. The van der Waals surface area contributed by atoms with Gasteiger partial charge in [0, 0.05) is 24.9 Å². The Bertz CT molecular complexity index is 826. The molecule has 0 fully saturated rings. The van der Waals surface area contributed by atoms with Crippen molar-refractivity contribution in [1.29, 1.82) is 0 Å². The Morgan fingerprint density at radius 1 is 1.21 bits per heavy atom. The van der Waals surface area contributed by atoms with Crippen LogP contribution in [-0.4, -0.2) is 34.6 Å². The summed E-state index contributed by atoms with van der Waals surface area (Å²) in [6, 6.07) is 5.44. The SMILES string of the molecule is CCC(=O)Nc1cc(C(C)NC(=O)c2ccc(OCC(F)(F)F)nc2)ccn1. The Balaban J connectivity index is 1.98. The third-order valence-electron chi connectivity index (χ3n) is 3.60. The summed E-state index contributed by atoms with van der Waals surface area (Å²) in [5, 5.41) is 5.38. The molecule has 1 atom stereocenters. The van der Waals surface area contributed by atoms with Gasteiger partial charge in [0.15, 0.2) is 6.61 Å². The van der Waals surface area contributed by atoms with Crippen molar-refractivity contribution in [3.8, 4) is 5.88 Å². The highest BCUT2D eigenvalue weighted by atomic mass is 19.4. The molecule has 10 heteroatoms. The number of amides is 2. The van der Waals surface area contributed by atoms with Gasteiger partial charge < -0.3 is 15.4 Å². The lowest BCUT2D eigenvalue weighted by molar-refractivity contribution is -0.154. The monoisotopic (exact) mass is 396 g/mol. The lowest BCUT2D eigenvalue weighted by Gasteiger charge is -2.15. The van der Waals surface area contributed by atoms with Gasteiger partial charge in [-0.2, -0.15) is 13.2 Å². The number of hydrogen-bond acceptors (Lipinski definition) is 5. The summed E-state index contributed by atoms with van der Waals surface area (Å²) in [7, 11) is 0. The normalized spacial score (nSPS) is 12.2. The Labute approximate surface area is 159 Å². The van der Waals surface area contributed by atoms with E-state index in [4.69, 9.17) is 0 Å². The number of ether oxygens (including phenoxy) is 1. The zero-order chi connectivity index (χ0) is 20.7. The van der Waals surface area contributed by atoms with E-state index in [-0.39, 0.29) is 17.4 Å². The number of carbonyl (C=O) groups is 2. The fourth-order valence-electron chi connectivity index (χ4n) is 2.13. The van der Waals surface area contributed by atoms with Crippen molar-refractivity contribution in [3.63, 3.8) is 0 Å². The molecule has 150 valence electrons. The number of rotatable bonds is 7. The average molecular weight is 396 g/mol. The van der Waals surface area contributed by atoms with Crippen LogP contribution in [0.3, 0.4) is 0 Å². The standard InChI is InChI=1S/C18H19F3N4O3/c1-3-15(26)25-14-8-12(6-7-22-14)11(2)24-17(27)13-4-5-16(23-9-13)28-10-18(19,20)21/h4-9,11H,3,10H2,1-2H3,(H,24,27)(H,22,25,26). The number of halogens is 3. The smallest absolute Gasteiger partial charge is 0.422 e. The van der Waals surface area contributed by atoms with E-state index in [1.165, 1.54) is 18.3 Å². The molecule has 0 aliphatic carbocycles. The number of nitrogens with zero attached hydrogens (tertiary/aromatic N) is 2. The van der Waals surface area contributed by atoms with Crippen LogP contribution in [0.15, 0.2) is 36.7 Å². The molecule has 2 heterocycles. The van der Waals surface area contributed by atoms with Crippen molar-refractivity contribution < 1.29 is 27.5 Å². The van der Waals surface area contributed by atoms with Crippen LogP contribution in [0, 0.1) is 0 Å². The van der Waals surface area contributed by atoms with Crippen molar-refractivity contribution >= 4 is 17.6 Å². The largest absolute Gasteiger partial charge is 0.468 e. The van der Waals surface area contributed by atoms with Crippen LogP contribution in [0.1, 0.15) is 42.2 Å². The first-order valence-electron chi connectivity index (χ1n) is 8.40. The van der Waals surface area contributed by atoms with E-state index in [9.17, 15) is 22.8 Å². The molecule has 0 saturated heterocycles. The zero-order valence-electron chi connectivity index (χ0n) is 15.2. The summed E-state index contributed by atoms with van der Waals surface area (Å²) in [5.74, 6) is -0.496. The fraction of sp³-hybridized carbons (Fsp3) is 0.333. The van der Waals surface area contributed by atoms with E-state index in [0.29, 0.717) is 17.8 Å². The molecule has 28 heavy (non-hydrogen) atoms. The summed E-state index contributed by atoms with van der Waals surface area (Å²) in [4.78, 5) is 31.5. The number of pyridine rings is 2. The first-order valence-corrected chi connectivity index (χ1v) is 8.40. The number of carbonyl (C=O) groups excluding carboxylic acids is 2. The van der Waals surface area contributed by atoms with Crippen LogP contribution >= 0.6 is 0 Å². The van der Waals surface area contributed by atoms with Crippen molar-refractivity contribution in [3.05, 3.63) is 47.8 Å². The van der Waals surface area contributed by atoms with Gasteiger partial charge in [-0.3, -0.25) is 9.59 Å². The minimum atomic E-state index is -4.47. The predicted molar refractivity (Wildman–Crippen MR) is 94.8 cm³/mol. The molecule has 2 N–H and O–H groups in total. The van der Waals surface area contributed by atoms with Gasteiger partial charge in [-0.15, -0.1) is 0 Å². The lowest BCUT2D eigenvalue weighted by atomic mass is 10.1. The van der Waals surface area contributed by atoms with Gasteiger partial charge >= 0.3 is 6.18 Å². The first kappa shape index (κ1) is 21.1. The summed E-state index contributed by atoms with van der Waals surface area (Å²) < 4.78 is 40.9. The van der Waals surface area contributed by atoms with E-state index < -0.39 is 24.7 Å². The quantitative estimate of drug-likeness (QED) is 0.749. The van der Waals surface area contributed by atoms with Crippen LogP contribution in [0.2, 0.25) is 0 Å². The molecular formula is C18H19F3N4O3. The minimum Gasteiger partial charge on any atom is -0.468 e. The molecule has 7 nitrogen and oxygen atoms in total. The van der Waals surface area contributed by atoms with E-state index in [1.54, 1.807) is 26.0 Å². The second kappa shape index (κ2) is 9.16. The Hall–Kier alpha value is -3.17. The van der Waals surface area contributed by atoms with Crippen LogP contribution < -0.4 is 15.4 Å². The number of aromatic nitrogens is 2. The molecule has 2 aromatic heterocycles. The maximum atomic E-state index is 12.3. The Morgan fingerprint density at radius 3 is 2.57 bits per heavy atom. The van der Waals surface area contributed by atoms with Gasteiger partial charge in [0.05, 0.1) is 11.6 Å². The van der Waals surface area contributed by atoms with Crippen LogP contribution in [0.5, 0.6) is 5.88 Å². The highest BCUT2D eigenvalue weighted by Gasteiger charge is 2.28. The van der Waals surface area contributed by atoms with Gasteiger partial charge in [0.1, 0.15) is 5.82 Å². The molecule has 0 radical (unpaired) electrons. The highest BCUT2D eigenvalue weighted by molar-refractivity contribution is 5.94. The third kappa shape index (κ3) is 6.53. The van der Waals surface area contributed by atoms with Crippen molar-refractivity contribution in [2.75, 3.05) is 11.9 Å². The highest BCUT2D eigenvalue weighted by Crippen LogP contribution is 2.18. The zero-order valence-corrected chi connectivity index (χ0v) is 15.2. The minimum absolute atomic E-state index is 0.166. The summed E-state index contributed by atoms with van der Waals surface area (Å²) in [5.41, 5.74) is 0.882.